The number of fused-ring (bicyclic) bond motifs is 1. The number of hydrogen-bond donors (Lipinski definition) is 4. The first-order valence-corrected chi connectivity index (χ1v) is 13.3. The Kier molecular flexibility index (Phi) is 6.88. The number of nitrogens with zero attached hydrogens (tertiary/aromatic N) is 7. The molecule has 18 heteroatoms. The number of nitrogens with one attached hydrogen (secondary N) is 2. The lowest BCUT2D eigenvalue weighted by molar-refractivity contribution is -0.150. The van der Waals surface area contributed by atoms with Gasteiger partial charge in [-0.15, -0.1) is 22.0 Å². The fourth-order valence-corrected chi connectivity index (χ4v) is 6.35. The van der Waals surface area contributed by atoms with Crippen molar-refractivity contribution in [2.24, 2.45) is 5.16 Å². The van der Waals surface area contributed by atoms with Gasteiger partial charge in [0, 0.05) is 23.0 Å². The number of hydrogen-bond acceptors (Lipinski definition) is 14. The van der Waals surface area contributed by atoms with Gasteiger partial charge in [-0.25, -0.2) is 4.79 Å². The SMILES string of the molecule is Nc1nc(/C(=N/OC2C=CCC2)C(=O)NC2C(=O)N3C(C(=O)O)=C(CSc4nn[nH]n4)CS[C@H]23)ns1. The Labute approximate surface area is 215 Å². The molecule has 1 fully saturated rings. The summed E-state index contributed by atoms with van der Waals surface area (Å²) in [7, 11) is 0. The number of oxime groups is 1. The van der Waals surface area contributed by atoms with E-state index >= 15 is 0 Å². The Morgan fingerprint density at radius 3 is 2.97 bits per heavy atom. The number of carboxylic acid groups (broad SMARTS) is 1. The van der Waals surface area contributed by atoms with Crippen LogP contribution in [0.4, 0.5) is 5.13 Å². The molecule has 0 aromatic carbocycles. The molecule has 5 N–H and O–H groups in total. The molecule has 4 heterocycles. The van der Waals surface area contributed by atoms with Gasteiger partial charge in [-0.3, -0.25) is 14.5 Å². The summed E-state index contributed by atoms with van der Waals surface area (Å²) < 4.78 is 4.03. The van der Waals surface area contributed by atoms with E-state index in [9.17, 15) is 19.5 Å². The Balaban J connectivity index is 1.31. The number of β-lactam (4-membered cyclic amide) rings is 1. The zero-order chi connectivity index (χ0) is 25.2. The number of carbonyl (C=O) groups is 3. The van der Waals surface area contributed by atoms with Crippen LogP contribution in [-0.4, -0.2) is 92.5 Å². The van der Waals surface area contributed by atoms with Crippen molar-refractivity contribution in [1.82, 2.24) is 40.2 Å². The maximum absolute atomic E-state index is 13.1. The second-order valence-corrected chi connectivity index (χ2v) is 10.5. The number of anilines is 1. The largest absolute Gasteiger partial charge is 0.477 e. The Morgan fingerprint density at radius 2 is 2.31 bits per heavy atom. The molecule has 0 spiro atoms. The lowest BCUT2D eigenvalue weighted by atomic mass is 10.0. The first kappa shape index (κ1) is 24.2. The summed E-state index contributed by atoms with van der Waals surface area (Å²) >= 11 is 3.43. The number of aromatic nitrogens is 6. The van der Waals surface area contributed by atoms with E-state index in [0.717, 1.165) is 24.4 Å². The predicted molar refractivity (Wildman–Crippen MR) is 129 cm³/mol. The van der Waals surface area contributed by atoms with Crippen molar-refractivity contribution >= 4 is 63.7 Å². The molecule has 0 saturated carbocycles. The molecule has 2 amide bonds. The fraction of sp³-hybridized carbons (Fsp3) is 0.389. The molecule has 15 nitrogen and oxygen atoms in total. The summed E-state index contributed by atoms with van der Waals surface area (Å²) in [5, 5.41) is 29.7. The number of aliphatic carboxylic acids is 1. The van der Waals surface area contributed by atoms with Gasteiger partial charge in [0.25, 0.3) is 11.8 Å². The Bertz CT molecular complexity index is 1280. The number of thioether (sulfide) groups is 2. The minimum absolute atomic E-state index is 0.0243. The Morgan fingerprint density at radius 1 is 1.44 bits per heavy atom. The first-order chi connectivity index (χ1) is 17.4. The molecular weight excluding hydrogens is 532 g/mol. The van der Waals surface area contributed by atoms with E-state index in [4.69, 9.17) is 10.6 Å². The van der Waals surface area contributed by atoms with Crippen LogP contribution in [0.1, 0.15) is 18.7 Å². The topological polar surface area (TPSA) is 215 Å². The predicted octanol–water partition coefficient (Wildman–Crippen LogP) is -0.396. The zero-order valence-corrected chi connectivity index (χ0v) is 20.7. The summed E-state index contributed by atoms with van der Waals surface area (Å²) in [5.41, 5.74) is 5.87. The average Bonchev–Trinajstić information content (AvgIpc) is 3.64. The number of carbonyl (C=O) groups excluding carboxylic acids is 2. The van der Waals surface area contributed by atoms with Crippen LogP contribution in [0.5, 0.6) is 0 Å². The van der Waals surface area contributed by atoms with Gasteiger partial charge >= 0.3 is 5.97 Å². The van der Waals surface area contributed by atoms with Crippen LogP contribution in [0.25, 0.3) is 0 Å². The quantitative estimate of drug-likeness (QED) is 0.103. The number of nitrogens with two attached hydrogens (primary N) is 1. The van der Waals surface area contributed by atoms with Crippen molar-refractivity contribution in [3.05, 3.63) is 29.2 Å². The normalized spacial score (nSPS) is 23.4. The third-order valence-electron chi connectivity index (χ3n) is 5.35. The van der Waals surface area contributed by atoms with E-state index in [1.54, 1.807) is 0 Å². The molecule has 0 bridgehead atoms. The monoisotopic (exact) mass is 550 g/mol. The van der Waals surface area contributed by atoms with Gasteiger partial charge in [-0.2, -0.15) is 14.6 Å². The van der Waals surface area contributed by atoms with Crippen LogP contribution in [0.2, 0.25) is 0 Å². The van der Waals surface area contributed by atoms with Gasteiger partial charge in [-0.1, -0.05) is 23.0 Å². The number of amides is 2. The first-order valence-electron chi connectivity index (χ1n) is 10.5. The third kappa shape index (κ3) is 4.78. The highest BCUT2D eigenvalue weighted by molar-refractivity contribution is 8.01. The maximum atomic E-state index is 13.1. The second-order valence-electron chi connectivity index (χ2n) is 7.65. The van der Waals surface area contributed by atoms with Crippen molar-refractivity contribution in [1.29, 1.82) is 0 Å². The van der Waals surface area contributed by atoms with E-state index in [1.165, 1.54) is 28.4 Å². The molecule has 2 unspecified atom stereocenters. The number of allylic oxidation sites excluding steroid dienone is 1. The van der Waals surface area contributed by atoms with Gasteiger partial charge < -0.3 is 21.0 Å². The molecule has 2 aromatic rings. The molecule has 3 atom stereocenters. The number of H-pyrrole nitrogens is 1. The zero-order valence-electron chi connectivity index (χ0n) is 18.2. The van der Waals surface area contributed by atoms with E-state index in [1.807, 2.05) is 12.2 Å². The van der Waals surface area contributed by atoms with Crippen molar-refractivity contribution < 1.29 is 24.3 Å². The number of nitrogen functional groups attached to an aromatic ring is 1. The molecule has 188 valence electrons. The highest BCUT2D eigenvalue weighted by Gasteiger charge is 2.54. The van der Waals surface area contributed by atoms with Crippen LogP contribution >= 0.6 is 35.1 Å². The van der Waals surface area contributed by atoms with Crippen molar-refractivity contribution in [3.63, 3.8) is 0 Å². The number of rotatable bonds is 9. The van der Waals surface area contributed by atoms with Gasteiger partial charge in [0.1, 0.15) is 23.2 Å². The van der Waals surface area contributed by atoms with Gasteiger partial charge in [0.05, 0.1) is 0 Å². The van der Waals surface area contributed by atoms with Crippen molar-refractivity contribution in [2.45, 2.75) is 35.5 Å². The number of aromatic amines is 1. The molecule has 2 aliphatic heterocycles. The third-order valence-corrected chi connectivity index (χ3v) is 8.16. The van der Waals surface area contributed by atoms with E-state index < -0.39 is 29.2 Å². The summed E-state index contributed by atoms with van der Waals surface area (Å²) in [6, 6.07) is -0.962. The lowest BCUT2D eigenvalue weighted by Gasteiger charge is -2.49. The van der Waals surface area contributed by atoms with E-state index in [0.29, 0.717) is 16.5 Å². The summed E-state index contributed by atoms with van der Waals surface area (Å²) in [6.45, 7) is 0. The average molecular weight is 551 g/mol. The fourth-order valence-electron chi connectivity index (χ4n) is 3.70. The van der Waals surface area contributed by atoms with Crippen LogP contribution in [0.15, 0.2) is 33.7 Å². The molecule has 2 aromatic heterocycles. The Hall–Kier alpha value is -3.51. The molecule has 36 heavy (non-hydrogen) atoms. The maximum Gasteiger partial charge on any atom is 0.352 e. The van der Waals surface area contributed by atoms with Crippen LogP contribution in [0.3, 0.4) is 0 Å². The van der Waals surface area contributed by atoms with Crippen molar-refractivity contribution in [3.8, 4) is 0 Å². The minimum atomic E-state index is -1.23. The molecular formula is C18H18N10O5S3. The smallest absolute Gasteiger partial charge is 0.352 e. The molecule has 1 saturated heterocycles. The number of carboxylic acids is 1. The highest BCUT2D eigenvalue weighted by Crippen LogP contribution is 2.41. The molecule has 5 rings (SSSR count). The number of tetrazole rings is 1. The van der Waals surface area contributed by atoms with Gasteiger partial charge in [0.15, 0.2) is 5.13 Å². The standard InChI is InChI=1S/C18H18N10O5S3/c19-17-21-12(25-36-17)9(24-33-8-3-1-2-4-8)13(29)20-10-14(30)28-11(16(31)32)7(5-34-15(10)28)6-35-18-22-26-27-23-18/h1,3,8,10,15H,2,4-6H2,(H,20,29)(H,31,32)(H2,19,21,25)(H,22,23,26,27)/b24-9-/t8?,10?,15-/m1/s1. The van der Waals surface area contributed by atoms with Crippen LogP contribution in [0, 0.1) is 0 Å². The van der Waals surface area contributed by atoms with E-state index in [2.05, 4.69) is 40.5 Å². The van der Waals surface area contributed by atoms with Gasteiger partial charge in [-0.05, 0) is 29.7 Å². The summed E-state index contributed by atoms with van der Waals surface area (Å²) in [4.78, 5) is 48.8. The van der Waals surface area contributed by atoms with E-state index in [-0.39, 0.29) is 34.2 Å². The van der Waals surface area contributed by atoms with Crippen molar-refractivity contribution in [2.75, 3.05) is 17.2 Å². The molecule has 0 radical (unpaired) electrons. The van der Waals surface area contributed by atoms with Gasteiger partial charge in [0.2, 0.25) is 16.7 Å². The molecule has 1 aliphatic carbocycles. The minimum Gasteiger partial charge on any atom is -0.477 e. The highest BCUT2D eigenvalue weighted by atomic mass is 32.2. The summed E-state index contributed by atoms with van der Waals surface area (Å²) in [5.74, 6) is -1.93. The van der Waals surface area contributed by atoms with Crippen LogP contribution in [-0.2, 0) is 19.2 Å². The van der Waals surface area contributed by atoms with Crippen LogP contribution < -0.4 is 11.1 Å². The summed E-state index contributed by atoms with van der Waals surface area (Å²) in [6.07, 6.45) is 5.05. The lowest BCUT2D eigenvalue weighted by Crippen LogP contribution is -2.71. The molecule has 3 aliphatic rings. The second kappa shape index (κ2) is 10.2.